The van der Waals surface area contributed by atoms with E-state index in [2.05, 4.69) is 47.8 Å². The Kier molecular flexibility index (Phi) is 4.65. The number of hydrogen-bond donors (Lipinski definition) is 1. The van der Waals surface area contributed by atoms with Gasteiger partial charge in [-0.25, -0.2) is 9.97 Å². The smallest absolute Gasteiger partial charge is 0.278 e. The van der Waals surface area contributed by atoms with Crippen molar-refractivity contribution in [3.05, 3.63) is 75.5 Å². The first kappa shape index (κ1) is 19.2. The minimum absolute atomic E-state index is 0.00618. The molecule has 0 saturated heterocycles. The third-order valence-corrected chi connectivity index (χ3v) is 5.55. The van der Waals surface area contributed by atoms with E-state index in [-0.39, 0.29) is 11.0 Å². The van der Waals surface area contributed by atoms with Gasteiger partial charge in [0.1, 0.15) is 5.69 Å². The Morgan fingerprint density at radius 3 is 2.52 bits per heavy atom. The Morgan fingerprint density at radius 1 is 1.10 bits per heavy atom. The van der Waals surface area contributed by atoms with Gasteiger partial charge in [-0.05, 0) is 41.7 Å². The van der Waals surface area contributed by atoms with Crippen molar-refractivity contribution in [3.63, 3.8) is 0 Å². The zero-order chi connectivity index (χ0) is 20.8. The van der Waals surface area contributed by atoms with Crippen molar-refractivity contribution in [2.45, 2.75) is 46.1 Å². The van der Waals surface area contributed by atoms with Gasteiger partial charge in [-0.2, -0.15) is 0 Å². The molecule has 0 radical (unpaired) electrons. The largest absolute Gasteiger partial charge is 0.368 e. The van der Waals surface area contributed by atoms with Gasteiger partial charge < -0.3 is 10.6 Å². The Morgan fingerprint density at radius 2 is 1.83 bits per heavy atom. The zero-order valence-electron chi connectivity index (χ0n) is 17.4. The molecule has 6 heteroatoms. The van der Waals surface area contributed by atoms with Gasteiger partial charge in [0.25, 0.3) is 5.56 Å². The summed E-state index contributed by atoms with van der Waals surface area (Å²) in [6.45, 7) is 9.88. The minimum atomic E-state index is -0.00618. The normalized spacial score (nSPS) is 14.0. The molecule has 29 heavy (non-hydrogen) atoms. The molecule has 0 spiro atoms. The van der Waals surface area contributed by atoms with Crippen molar-refractivity contribution in [2.75, 3.05) is 17.2 Å². The van der Waals surface area contributed by atoms with E-state index in [1.165, 1.54) is 5.56 Å². The quantitative estimate of drug-likeness (QED) is 0.727. The molecular weight excluding hydrogens is 362 g/mol. The second kappa shape index (κ2) is 7.03. The summed E-state index contributed by atoms with van der Waals surface area (Å²) in [5.41, 5.74) is 11.6. The maximum atomic E-state index is 13.4. The Hall–Kier alpha value is -3.15. The maximum absolute atomic E-state index is 13.4. The molecule has 4 rings (SSSR count). The highest BCUT2D eigenvalue weighted by Crippen LogP contribution is 2.25. The number of anilines is 2. The number of rotatable bonds is 2. The number of nitrogen functional groups attached to an aromatic ring is 1. The van der Waals surface area contributed by atoms with Crippen molar-refractivity contribution in [1.82, 2.24) is 14.5 Å². The molecule has 0 unspecified atom stereocenters. The van der Waals surface area contributed by atoms with Gasteiger partial charge >= 0.3 is 0 Å². The molecule has 0 aliphatic carbocycles. The third kappa shape index (κ3) is 3.62. The van der Waals surface area contributed by atoms with Crippen LogP contribution in [-0.2, 0) is 18.4 Å². The number of nitrogens with zero attached hydrogens (tertiary/aromatic N) is 4. The predicted octanol–water partition coefficient (Wildman–Crippen LogP) is 3.38. The second-order valence-electron chi connectivity index (χ2n) is 8.69. The Bertz CT molecular complexity index is 1110. The SMILES string of the molecule is Cc1ccn(-c2ccc(C(C)(C)C)cc2)c(=O)c1N1CCc2nc(N)ncc2C1. The molecule has 0 amide bonds. The number of benzene rings is 1. The summed E-state index contributed by atoms with van der Waals surface area (Å²) >= 11 is 0. The van der Waals surface area contributed by atoms with Crippen molar-refractivity contribution in [1.29, 1.82) is 0 Å². The molecule has 3 heterocycles. The molecule has 150 valence electrons. The fraction of sp³-hybridized carbons (Fsp3) is 0.348. The number of hydrogen-bond acceptors (Lipinski definition) is 5. The molecule has 1 aliphatic heterocycles. The summed E-state index contributed by atoms with van der Waals surface area (Å²) in [6, 6.07) is 10.2. The van der Waals surface area contributed by atoms with E-state index in [0.29, 0.717) is 12.5 Å². The fourth-order valence-electron chi connectivity index (χ4n) is 3.85. The van der Waals surface area contributed by atoms with E-state index in [4.69, 9.17) is 5.73 Å². The molecule has 2 aromatic heterocycles. The highest BCUT2D eigenvalue weighted by atomic mass is 16.1. The van der Waals surface area contributed by atoms with E-state index in [9.17, 15) is 4.79 Å². The number of pyridine rings is 1. The van der Waals surface area contributed by atoms with Crippen LogP contribution in [0.3, 0.4) is 0 Å². The lowest BCUT2D eigenvalue weighted by Crippen LogP contribution is -2.37. The van der Waals surface area contributed by atoms with Gasteiger partial charge in [0.05, 0.1) is 5.69 Å². The van der Waals surface area contributed by atoms with Crippen LogP contribution in [0.25, 0.3) is 5.69 Å². The second-order valence-corrected chi connectivity index (χ2v) is 8.69. The van der Waals surface area contributed by atoms with Crippen LogP contribution in [0.4, 0.5) is 11.6 Å². The average Bonchev–Trinajstić information content (AvgIpc) is 2.67. The van der Waals surface area contributed by atoms with Gasteiger partial charge in [-0.3, -0.25) is 9.36 Å². The van der Waals surface area contributed by atoms with Gasteiger partial charge in [0, 0.05) is 43.2 Å². The minimum Gasteiger partial charge on any atom is -0.368 e. The van der Waals surface area contributed by atoms with Crippen LogP contribution in [-0.4, -0.2) is 21.1 Å². The molecule has 0 bridgehead atoms. The van der Waals surface area contributed by atoms with Crippen LogP contribution in [0.5, 0.6) is 0 Å². The number of fused-ring (bicyclic) bond motifs is 1. The van der Waals surface area contributed by atoms with E-state index >= 15 is 0 Å². The lowest BCUT2D eigenvalue weighted by molar-refractivity contribution is 0.590. The molecular formula is C23H27N5O. The van der Waals surface area contributed by atoms with E-state index in [1.807, 2.05) is 31.3 Å². The van der Waals surface area contributed by atoms with Crippen molar-refractivity contribution in [3.8, 4) is 5.69 Å². The molecule has 0 saturated carbocycles. The molecule has 0 fully saturated rings. The first-order valence-electron chi connectivity index (χ1n) is 9.92. The maximum Gasteiger partial charge on any atom is 0.278 e. The molecule has 1 aromatic carbocycles. The third-order valence-electron chi connectivity index (χ3n) is 5.55. The van der Waals surface area contributed by atoms with Gasteiger partial charge in [-0.1, -0.05) is 32.9 Å². The monoisotopic (exact) mass is 389 g/mol. The lowest BCUT2D eigenvalue weighted by Gasteiger charge is -2.30. The Balaban J connectivity index is 1.71. The first-order chi connectivity index (χ1) is 13.7. The highest BCUT2D eigenvalue weighted by molar-refractivity contribution is 5.55. The van der Waals surface area contributed by atoms with E-state index in [1.54, 1.807) is 10.8 Å². The van der Waals surface area contributed by atoms with E-state index in [0.717, 1.165) is 41.2 Å². The predicted molar refractivity (Wildman–Crippen MR) is 117 cm³/mol. The molecule has 1 aliphatic rings. The average molecular weight is 390 g/mol. The number of aryl methyl sites for hydroxylation is 1. The van der Waals surface area contributed by atoms with E-state index < -0.39 is 0 Å². The van der Waals surface area contributed by atoms with Crippen LogP contribution in [0, 0.1) is 6.92 Å². The lowest BCUT2D eigenvalue weighted by atomic mass is 9.87. The highest BCUT2D eigenvalue weighted by Gasteiger charge is 2.23. The van der Waals surface area contributed by atoms with Crippen LogP contribution < -0.4 is 16.2 Å². The standard InChI is InChI=1S/C23H27N5O/c1-15-9-12-28(18-7-5-17(6-8-18)23(2,3)4)21(29)20(15)27-11-10-19-16(14-27)13-25-22(24)26-19/h5-9,12-13H,10-11,14H2,1-4H3,(H2,24,25,26). The number of nitrogens with two attached hydrogens (primary N) is 1. The van der Waals surface area contributed by atoms with Gasteiger partial charge in [0.15, 0.2) is 0 Å². The fourth-order valence-corrected chi connectivity index (χ4v) is 3.85. The Labute approximate surface area is 171 Å². The summed E-state index contributed by atoms with van der Waals surface area (Å²) in [7, 11) is 0. The molecule has 0 atom stereocenters. The number of aromatic nitrogens is 3. The van der Waals surface area contributed by atoms with Crippen LogP contribution >= 0.6 is 0 Å². The van der Waals surface area contributed by atoms with Crippen molar-refractivity contribution >= 4 is 11.6 Å². The van der Waals surface area contributed by atoms with Crippen LogP contribution in [0.2, 0.25) is 0 Å². The van der Waals surface area contributed by atoms with Gasteiger partial charge in [-0.15, -0.1) is 0 Å². The summed E-state index contributed by atoms with van der Waals surface area (Å²) in [5.74, 6) is 0.300. The molecule has 2 N–H and O–H groups in total. The summed E-state index contributed by atoms with van der Waals surface area (Å²) in [6.07, 6.45) is 4.37. The van der Waals surface area contributed by atoms with Crippen molar-refractivity contribution < 1.29 is 0 Å². The zero-order valence-corrected chi connectivity index (χ0v) is 17.4. The summed E-state index contributed by atoms with van der Waals surface area (Å²) in [5, 5.41) is 0. The first-order valence-corrected chi connectivity index (χ1v) is 9.92. The van der Waals surface area contributed by atoms with Gasteiger partial charge in [0.2, 0.25) is 5.95 Å². The van der Waals surface area contributed by atoms with Crippen molar-refractivity contribution in [2.24, 2.45) is 0 Å². The van der Waals surface area contributed by atoms with Crippen LogP contribution in [0.15, 0.2) is 47.5 Å². The summed E-state index contributed by atoms with van der Waals surface area (Å²) in [4.78, 5) is 24.0. The van der Waals surface area contributed by atoms with Crippen LogP contribution in [0.1, 0.15) is 43.2 Å². The molecule has 3 aromatic rings. The topological polar surface area (TPSA) is 77.0 Å². The summed E-state index contributed by atoms with van der Waals surface area (Å²) < 4.78 is 1.73. The molecule has 6 nitrogen and oxygen atoms in total.